The molecule has 7 rings (SSSR count). The second kappa shape index (κ2) is 11.0. The van der Waals surface area contributed by atoms with Crippen LogP contribution in [-0.2, 0) is 13.7 Å². The van der Waals surface area contributed by atoms with Gasteiger partial charge in [-0.05, 0) is 92.3 Å². The van der Waals surface area contributed by atoms with Crippen molar-refractivity contribution in [2.75, 3.05) is 18.4 Å². The van der Waals surface area contributed by atoms with E-state index in [1.54, 1.807) is 19.2 Å². The minimum atomic E-state index is -0.329. The molecule has 0 spiro atoms. The maximum Gasteiger partial charge on any atom is 0.261 e. The lowest BCUT2D eigenvalue weighted by atomic mass is 9.45. The molecule has 42 heavy (non-hydrogen) atoms. The van der Waals surface area contributed by atoms with E-state index in [1.807, 2.05) is 18.2 Å². The summed E-state index contributed by atoms with van der Waals surface area (Å²) < 4.78 is 20.6. The Morgan fingerprint density at radius 2 is 1.83 bits per heavy atom. The second-order valence-electron chi connectivity index (χ2n) is 13.3. The minimum Gasteiger partial charge on any atom is -0.486 e. The number of ether oxygens (including phenoxy) is 1. The summed E-state index contributed by atoms with van der Waals surface area (Å²) in [7, 11) is 1.69. The lowest BCUT2D eigenvalue weighted by molar-refractivity contribution is -0.108. The Morgan fingerprint density at radius 3 is 2.50 bits per heavy atom. The number of anilines is 1. The van der Waals surface area contributed by atoms with Crippen molar-refractivity contribution in [3.05, 3.63) is 64.5 Å². The topological polar surface area (TPSA) is 83.8 Å². The van der Waals surface area contributed by atoms with Gasteiger partial charge in [-0.3, -0.25) is 9.36 Å². The monoisotopic (exact) mass is 574 g/mol. The third-order valence-electron chi connectivity index (χ3n) is 10.1. The van der Waals surface area contributed by atoms with E-state index >= 15 is 0 Å². The number of nitrogens with zero attached hydrogens (tertiary/aromatic N) is 4. The number of aromatic nitrogens is 2. The molecule has 0 amide bonds. The molecule has 224 valence electrons. The number of hydrogen-bond acceptors (Lipinski definition) is 5. The summed E-state index contributed by atoms with van der Waals surface area (Å²) in [5, 5.41) is 7.82. The van der Waals surface area contributed by atoms with Crippen LogP contribution in [0.4, 0.5) is 10.1 Å². The normalized spacial score (nSPS) is 28.8. The van der Waals surface area contributed by atoms with Crippen LogP contribution in [0.15, 0.2) is 52.3 Å². The minimum absolute atomic E-state index is 0.0898. The number of aliphatic imine (C=N–C) groups is 1. The molecule has 4 fully saturated rings. The van der Waals surface area contributed by atoms with Gasteiger partial charge >= 0.3 is 0 Å². The van der Waals surface area contributed by atoms with Crippen molar-refractivity contribution in [1.82, 2.24) is 19.8 Å². The molecule has 1 aromatic heterocycles. The van der Waals surface area contributed by atoms with Gasteiger partial charge in [0.1, 0.15) is 24.0 Å². The SMILES string of the molecule is C[C@@H]1[C@@H](N=C(Nc2ccc3c(=O)n(C)c(COc4ccc(F)cc4)nc3c2)N2C[C@@H](C)N[C@@H](C)C2)C[C@H]2C[C@@H]1C2(C)C. The number of piperazine rings is 1. The van der Waals surface area contributed by atoms with E-state index in [0.29, 0.717) is 51.8 Å². The number of rotatable bonds is 5. The second-order valence-corrected chi connectivity index (χ2v) is 13.3. The molecule has 3 saturated carbocycles. The molecule has 3 aromatic rings. The number of benzene rings is 2. The van der Waals surface area contributed by atoms with Gasteiger partial charge in [-0.15, -0.1) is 0 Å². The van der Waals surface area contributed by atoms with Crippen LogP contribution in [0.2, 0.25) is 0 Å². The van der Waals surface area contributed by atoms with Crippen LogP contribution in [0.25, 0.3) is 10.9 Å². The van der Waals surface area contributed by atoms with Crippen LogP contribution in [0.3, 0.4) is 0 Å². The highest BCUT2D eigenvalue weighted by Crippen LogP contribution is 2.61. The highest BCUT2D eigenvalue weighted by molar-refractivity contribution is 5.96. The molecular formula is C33H43FN6O2. The van der Waals surface area contributed by atoms with E-state index in [9.17, 15) is 9.18 Å². The van der Waals surface area contributed by atoms with Crippen LogP contribution < -0.4 is 20.9 Å². The molecule has 8 nitrogen and oxygen atoms in total. The van der Waals surface area contributed by atoms with Gasteiger partial charge in [0, 0.05) is 37.9 Å². The van der Waals surface area contributed by atoms with Crippen molar-refractivity contribution < 1.29 is 9.13 Å². The van der Waals surface area contributed by atoms with Gasteiger partial charge in [-0.25, -0.2) is 14.4 Å². The van der Waals surface area contributed by atoms with Crippen LogP contribution in [-0.4, -0.2) is 51.6 Å². The van der Waals surface area contributed by atoms with Crippen LogP contribution >= 0.6 is 0 Å². The highest BCUT2D eigenvalue weighted by atomic mass is 19.1. The van der Waals surface area contributed by atoms with Crippen molar-refractivity contribution in [3.8, 4) is 5.75 Å². The van der Waals surface area contributed by atoms with Crippen LogP contribution in [0.5, 0.6) is 5.75 Å². The van der Waals surface area contributed by atoms with Gasteiger partial charge in [0.2, 0.25) is 0 Å². The molecule has 0 radical (unpaired) electrons. The Kier molecular flexibility index (Phi) is 7.50. The zero-order chi connectivity index (χ0) is 29.8. The first-order chi connectivity index (χ1) is 20.0. The molecule has 2 N–H and O–H groups in total. The van der Waals surface area contributed by atoms with Crippen molar-refractivity contribution in [1.29, 1.82) is 0 Å². The van der Waals surface area contributed by atoms with Crippen molar-refractivity contribution in [2.45, 2.75) is 72.2 Å². The lowest BCUT2D eigenvalue weighted by Crippen LogP contribution is -2.59. The Labute approximate surface area is 247 Å². The first kappa shape index (κ1) is 28.6. The molecule has 1 aliphatic heterocycles. The fourth-order valence-corrected chi connectivity index (χ4v) is 7.47. The Balaban J connectivity index is 1.29. The largest absolute Gasteiger partial charge is 0.486 e. The Hall–Kier alpha value is -3.46. The lowest BCUT2D eigenvalue weighted by Gasteiger charge is -2.61. The molecule has 6 atom stereocenters. The highest BCUT2D eigenvalue weighted by Gasteiger charge is 2.56. The molecule has 1 saturated heterocycles. The van der Waals surface area contributed by atoms with Gasteiger partial charge in [0.25, 0.3) is 5.56 Å². The quantitative estimate of drug-likeness (QED) is 0.323. The van der Waals surface area contributed by atoms with Gasteiger partial charge in [0.15, 0.2) is 5.96 Å². The number of fused-ring (bicyclic) bond motifs is 3. The fourth-order valence-electron chi connectivity index (χ4n) is 7.47. The summed E-state index contributed by atoms with van der Waals surface area (Å²) in [5.41, 5.74) is 1.71. The Bertz CT molecular complexity index is 1540. The molecular weight excluding hydrogens is 531 g/mol. The maximum absolute atomic E-state index is 13.3. The molecule has 0 unspecified atom stereocenters. The molecule has 2 aromatic carbocycles. The van der Waals surface area contributed by atoms with E-state index in [-0.39, 0.29) is 24.0 Å². The van der Waals surface area contributed by atoms with Crippen LogP contribution in [0, 0.1) is 29.0 Å². The summed E-state index contributed by atoms with van der Waals surface area (Å²) in [5.74, 6) is 3.54. The first-order valence-electron chi connectivity index (χ1n) is 15.2. The average Bonchev–Trinajstić information content (AvgIpc) is 2.94. The Morgan fingerprint density at radius 1 is 1.12 bits per heavy atom. The van der Waals surface area contributed by atoms with Crippen molar-refractivity contribution >= 4 is 22.5 Å². The molecule has 3 aliphatic carbocycles. The smallest absolute Gasteiger partial charge is 0.261 e. The average molecular weight is 575 g/mol. The zero-order valence-corrected chi connectivity index (χ0v) is 25.5. The zero-order valence-electron chi connectivity index (χ0n) is 25.5. The summed E-state index contributed by atoms with van der Waals surface area (Å²) in [6.07, 6.45) is 2.45. The third-order valence-corrected chi connectivity index (χ3v) is 10.1. The van der Waals surface area contributed by atoms with E-state index in [4.69, 9.17) is 14.7 Å². The van der Waals surface area contributed by atoms with E-state index in [2.05, 4.69) is 50.2 Å². The summed E-state index contributed by atoms with van der Waals surface area (Å²) in [6, 6.07) is 12.5. The number of guanidine groups is 1. The number of nitrogens with one attached hydrogen (secondary N) is 2. The van der Waals surface area contributed by atoms with Crippen LogP contribution in [0.1, 0.15) is 53.3 Å². The summed E-state index contributed by atoms with van der Waals surface area (Å²) in [6.45, 7) is 13.5. The summed E-state index contributed by atoms with van der Waals surface area (Å²) >= 11 is 0. The molecule has 2 heterocycles. The van der Waals surface area contributed by atoms with Gasteiger partial charge < -0.3 is 20.3 Å². The van der Waals surface area contributed by atoms with Gasteiger partial charge in [-0.2, -0.15) is 0 Å². The van der Waals surface area contributed by atoms with E-state index in [1.165, 1.54) is 23.1 Å². The van der Waals surface area contributed by atoms with E-state index < -0.39 is 0 Å². The molecule has 4 aliphatic rings. The predicted octanol–water partition coefficient (Wildman–Crippen LogP) is 5.17. The first-order valence-corrected chi connectivity index (χ1v) is 15.2. The number of halogens is 1. The predicted molar refractivity (Wildman–Crippen MR) is 165 cm³/mol. The van der Waals surface area contributed by atoms with Crippen molar-refractivity contribution in [3.63, 3.8) is 0 Å². The summed E-state index contributed by atoms with van der Waals surface area (Å²) in [4.78, 5) is 25.8. The fraction of sp³-hybridized carbons (Fsp3) is 0.545. The molecule has 9 heteroatoms. The van der Waals surface area contributed by atoms with Gasteiger partial charge in [0.05, 0.1) is 16.9 Å². The van der Waals surface area contributed by atoms with Gasteiger partial charge in [-0.1, -0.05) is 20.8 Å². The standard InChI is InChI=1S/C33H43FN6O2/c1-19-16-40(17-20(2)35-19)32(38-28-14-22-13-27(21(28)3)33(22,4)5)36-24-9-12-26-29(15-24)37-30(39(6)31(26)41)18-42-25-10-7-23(34)8-11-25/h7-12,15,19-22,27-28,35H,13-14,16-18H2,1-6H3,(H,36,38)/t19-,20+,21-,22+,27-,28-/m0/s1. The third kappa shape index (κ3) is 5.39. The van der Waals surface area contributed by atoms with E-state index in [0.717, 1.165) is 37.1 Å². The molecule has 2 bridgehead atoms. The van der Waals surface area contributed by atoms with Crippen molar-refractivity contribution in [2.24, 2.45) is 35.2 Å². The number of hydrogen-bond donors (Lipinski definition) is 2. The maximum atomic E-state index is 13.3.